The van der Waals surface area contributed by atoms with Crippen molar-refractivity contribution in [2.45, 2.75) is 38.4 Å². The molecule has 36 heavy (non-hydrogen) atoms. The first-order valence-electron chi connectivity index (χ1n) is 10.7. The van der Waals surface area contributed by atoms with Crippen LogP contribution < -0.4 is 5.32 Å². The molecule has 0 atom stereocenters. The number of nitrogens with one attached hydrogen (secondary N) is 1. The maximum absolute atomic E-state index is 13.6. The minimum absolute atomic E-state index is 0.109. The van der Waals surface area contributed by atoms with Crippen LogP contribution in [0.25, 0.3) is 17.2 Å². The lowest BCUT2D eigenvalue weighted by atomic mass is 10.2. The van der Waals surface area contributed by atoms with E-state index >= 15 is 0 Å². The van der Waals surface area contributed by atoms with Gasteiger partial charge < -0.3 is 14.5 Å². The standard InChI is InChI=1S/C22H19F5N8O/c1-2-3-9-34-13-30-33-19(34)15-5-4-6-18(31-15)32-20(36)16-10-14(7-8-28-16)35-11-17(29-12-35)21(23,24)22(25,26)27/h4-8,10-13H,2-3,9H2,1H3,(H,31,32,36). The van der Waals surface area contributed by atoms with Gasteiger partial charge in [0.2, 0.25) is 0 Å². The van der Waals surface area contributed by atoms with Crippen LogP contribution in [0.15, 0.2) is 55.4 Å². The third-order valence-corrected chi connectivity index (χ3v) is 5.12. The van der Waals surface area contributed by atoms with Crippen molar-refractivity contribution in [2.75, 3.05) is 5.32 Å². The number of rotatable bonds is 8. The van der Waals surface area contributed by atoms with E-state index in [4.69, 9.17) is 0 Å². The topological polar surface area (TPSA) is 103 Å². The van der Waals surface area contributed by atoms with Crippen LogP contribution in [0.3, 0.4) is 0 Å². The minimum Gasteiger partial charge on any atom is -0.312 e. The van der Waals surface area contributed by atoms with Crippen LogP contribution in [0.2, 0.25) is 0 Å². The highest BCUT2D eigenvalue weighted by Crippen LogP contribution is 2.43. The molecule has 1 amide bonds. The van der Waals surface area contributed by atoms with E-state index in [2.05, 4.69) is 37.4 Å². The zero-order chi connectivity index (χ0) is 25.9. The number of amides is 1. The number of pyridine rings is 2. The van der Waals surface area contributed by atoms with Crippen LogP contribution in [-0.4, -0.2) is 46.4 Å². The normalized spacial score (nSPS) is 12.1. The lowest BCUT2D eigenvalue weighted by Gasteiger charge is -2.16. The zero-order valence-corrected chi connectivity index (χ0v) is 18.7. The molecule has 0 aromatic carbocycles. The maximum Gasteiger partial charge on any atom is 0.459 e. The Bertz CT molecular complexity index is 1360. The fourth-order valence-corrected chi connectivity index (χ4v) is 3.23. The van der Waals surface area contributed by atoms with E-state index in [0.29, 0.717) is 24.3 Å². The zero-order valence-electron chi connectivity index (χ0n) is 18.7. The van der Waals surface area contributed by atoms with Gasteiger partial charge in [-0.05, 0) is 30.7 Å². The average molecular weight is 506 g/mol. The summed E-state index contributed by atoms with van der Waals surface area (Å²) in [6.07, 6.45) is 0.273. The quantitative estimate of drug-likeness (QED) is 0.350. The van der Waals surface area contributed by atoms with E-state index in [0.717, 1.165) is 23.7 Å². The second kappa shape index (κ2) is 9.79. The van der Waals surface area contributed by atoms with Crippen molar-refractivity contribution in [1.29, 1.82) is 0 Å². The third-order valence-electron chi connectivity index (χ3n) is 5.12. The first-order valence-corrected chi connectivity index (χ1v) is 10.7. The highest BCUT2D eigenvalue weighted by atomic mass is 19.4. The predicted octanol–water partition coefficient (Wildman–Crippen LogP) is 4.63. The number of aryl methyl sites for hydroxylation is 1. The summed E-state index contributed by atoms with van der Waals surface area (Å²) in [5.41, 5.74) is -0.994. The Morgan fingerprint density at radius 2 is 1.89 bits per heavy atom. The van der Waals surface area contributed by atoms with Crippen LogP contribution in [-0.2, 0) is 12.5 Å². The number of nitrogens with zero attached hydrogens (tertiary/aromatic N) is 7. The molecule has 1 N–H and O–H groups in total. The van der Waals surface area contributed by atoms with Crippen LogP contribution in [0, 0.1) is 0 Å². The van der Waals surface area contributed by atoms with E-state index in [1.807, 2.05) is 4.57 Å². The number of unbranched alkanes of at least 4 members (excludes halogenated alkanes) is 1. The van der Waals surface area contributed by atoms with E-state index in [-0.39, 0.29) is 17.2 Å². The summed E-state index contributed by atoms with van der Waals surface area (Å²) in [7, 11) is 0. The Balaban J connectivity index is 1.53. The Morgan fingerprint density at radius 3 is 2.64 bits per heavy atom. The number of hydrogen-bond acceptors (Lipinski definition) is 6. The fourth-order valence-electron chi connectivity index (χ4n) is 3.23. The lowest BCUT2D eigenvalue weighted by Crippen LogP contribution is -2.33. The van der Waals surface area contributed by atoms with Gasteiger partial charge in [0.15, 0.2) is 5.82 Å². The molecule has 0 aliphatic carbocycles. The molecule has 0 saturated heterocycles. The molecule has 0 radical (unpaired) electrons. The van der Waals surface area contributed by atoms with Gasteiger partial charge >= 0.3 is 12.1 Å². The number of imidazole rings is 1. The van der Waals surface area contributed by atoms with Gasteiger partial charge in [-0.15, -0.1) is 10.2 Å². The molecule has 0 aliphatic heterocycles. The molecule has 0 bridgehead atoms. The minimum atomic E-state index is -5.79. The number of carbonyl (C=O) groups is 1. The Morgan fingerprint density at radius 1 is 1.08 bits per heavy atom. The summed E-state index contributed by atoms with van der Waals surface area (Å²) in [5.74, 6) is -5.06. The number of aromatic nitrogens is 7. The van der Waals surface area contributed by atoms with Crippen molar-refractivity contribution in [1.82, 2.24) is 34.3 Å². The first kappa shape index (κ1) is 24.9. The van der Waals surface area contributed by atoms with Gasteiger partial charge in [0, 0.05) is 18.9 Å². The Labute approximate surface area is 201 Å². The number of anilines is 1. The molecule has 0 spiro atoms. The molecule has 0 unspecified atom stereocenters. The summed E-state index contributed by atoms with van der Waals surface area (Å²) < 4.78 is 67.8. The highest BCUT2D eigenvalue weighted by Gasteiger charge is 2.60. The van der Waals surface area contributed by atoms with E-state index in [1.54, 1.807) is 24.5 Å². The van der Waals surface area contributed by atoms with Crippen molar-refractivity contribution in [3.63, 3.8) is 0 Å². The largest absolute Gasteiger partial charge is 0.459 e. The molecular weight excluding hydrogens is 487 g/mol. The molecular formula is C22H19F5N8O. The summed E-state index contributed by atoms with van der Waals surface area (Å²) in [5, 5.41) is 10.6. The molecule has 9 nitrogen and oxygen atoms in total. The monoisotopic (exact) mass is 506 g/mol. The van der Waals surface area contributed by atoms with Gasteiger partial charge in [-0.1, -0.05) is 19.4 Å². The third kappa shape index (κ3) is 5.06. The molecule has 4 aromatic rings. The molecule has 4 rings (SSSR count). The lowest BCUT2D eigenvalue weighted by molar-refractivity contribution is -0.290. The van der Waals surface area contributed by atoms with Gasteiger partial charge in [0.05, 0.1) is 12.0 Å². The van der Waals surface area contributed by atoms with Crippen LogP contribution in [0.4, 0.5) is 27.8 Å². The van der Waals surface area contributed by atoms with Gasteiger partial charge in [0.1, 0.15) is 29.2 Å². The Kier molecular flexibility index (Phi) is 6.77. The van der Waals surface area contributed by atoms with E-state index < -0.39 is 23.7 Å². The second-order valence-corrected chi connectivity index (χ2v) is 7.70. The van der Waals surface area contributed by atoms with E-state index in [1.165, 1.54) is 18.3 Å². The van der Waals surface area contributed by atoms with Crippen molar-refractivity contribution < 1.29 is 26.7 Å². The van der Waals surface area contributed by atoms with Gasteiger partial charge in [-0.25, -0.2) is 9.97 Å². The van der Waals surface area contributed by atoms with Gasteiger partial charge in [0.25, 0.3) is 5.91 Å². The number of halogens is 5. The van der Waals surface area contributed by atoms with Crippen molar-refractivity contribution in [3.8, 4) is 17.2 Å². The van der Waals surface area contributed by atoms with Crippen LogP contribution in [0.1, 0.15) is 35.9 Å². The van der Waals surface area contributed by atoms with Crippen molar-refractivity contribution in [2.24, 2.45) is 0 Å². The molecule has 4 aromatic heterocycles. The van der Waals surface area contributed by atoms with E-state index in [9.17, 15) is 26.7 Å². The second-order valence-electron chi connectivity index (χ2n) is 7.70. The molecule has 0 aliphatic rings. The Hall–Kier alpha value is -4.23. The van der Waals surface area contributed by atoms with Crippen molar-refractivity contribution >= 4 is 11.7 Å². The highest BCUT2D eigenvalue weighted by molar-refractivity contribution is 6.02. The summed E-state index contributed by atoms with van der Waals surface area (Å²) in [6, 6.07) is 7.50. The molecule has 188 valence electrons. The van der Waals surface area contributed by atoms with Crippen molar-refractivity contribution in [3.05, 3.63) is 66.8 Å². The summed E-state index contributed by atoms with van der Waals surface area (Å²) >= 11 is 0. The van der Waals surface area contributed by atoms with Crippen LogP contribution in [0.5, 0.6) is 0 Å². The number of hydrogen-bond donors (Lipinski definition) is 1. The molecule has 0 saturated carbocycles. The molecule has 0 fully saturated rings. The average Bonchev–Trinajstić information content (AvgIpc) is 3.53. The SMILES string of the molecule is CCCCn1cnnc1-c1cccc(NC(=O)c2cc(-n3cnc(C(F)(F)C(F)(F)F)c3)ccn2)n1. The number of carbonyl (C=O) groups excluding carboxylic acids is 1. The first-order chi connectivity index (χ1) is 17.1. The smallest absolute Gasteiger partial charge is 0.312 e. The van der Waals surface area contributed by atoms with Gasteiger partial charge in [-0.3, -0.25) is 9.78 Å². The summed E-state index contributed by atoms with van der Waals surface area (Å²) in [6.45, 7) is 2.77. The maximum atomic E-state index is 13.6. The predicted molar refractivity (Wildman–Crippen MR) is 117 cm³/mol. The molecule has 4 heterocycles. The number of alkyl halides is 5. The summed E-state index contributed by atoms with van der Waals surface area (Å²) in [4.78, 5) is 24.3. The molecule has 14 heteroatoms. The van der Waals surface area contributed by atoms with Gasteiger partial charge in [-0.2, -0.15) is 22.0 Å². The fraction of sp³-hybridized carbons (Fsp3) is 0.273. The van der Waals surface area contributed by atoms with Crippen LogP contribution >= 0.6 is 0 Å².